The summed E-state index contributed by atoms with van der Waals surface area (Å²) in [6.07, 6.45) is 6.27. The number of aromatic nitrogens is 2. The molecule has 0 atom stereocenters. The molecule has 8 nitrogen and oxygen atoms in total. The Morgan fingerprint density at radius 2 is 1.79 bits per heavy atom. The highest BCUT2D eigenvalue weighted by atomic mass is 19.4. The Labute approximate surface area is 269 Å². The molecule has 4 aliphatic rings. The maximum Gasteiger partial charge on any atom is 0.573 e. The van der Waals surface area contributed by atoms with Gasteiger partial charge in [0.15, 0.2) is 5.69 Å². The highest BCUT2D eigenvalue weighted by molar-refractivity contribution is 5.94. The molecule has 0 amide bonds. The second-order valence-corrected chi connectivity index (χ2v) is 13.5. The molecule has 11 heteroatoms. The molecule has 1 aliphatic heterocycles. The zero-order chi connectivity index (χ0) is 32.3. The Morgan fingerprint density at radius 1 is 1.02 bits per heavy atom. The van der Waals surface area contributed by atoms with Gasteiger partial charge in [0.05, 0.1) is 11.6 Å². The van der Waals surface area contributed by atoms with E-state index >= 15 is 0 Å². The maximum absolute atomic E-state index is 13.2. The second kappa shape index (κ2) is 11.3. The smallest absolute Gasteiger partial charge is 0.490 e. The molecule has 3 saturated carbocycles. The number of anilines is 1. The number of carboxylic acid groups (broad SMARTS) is 1. The van der Waals surface area contributed by atoms with Crippen LogP contribution in [0.1, 0.15) is 85.5 Å². The summed E-state index contributed by atoms with van der Waals surface area (Å²) in [5.74, 6) is 0.193. The fraction of sp³-hybridized carbons (Fsp3) is 0.417. The maximum atomic E-state index is 13.2. The number of pyridine rings is 1. The van der Waals surface area contributed by atoms with Crippen molar-refractivity contribution in [2.75, 3.05) is 18.0 Å². The van der Waals surface area contributed by atoms with Gasteiger partial charge < -0.3 is 24.0 Å². The number of nitrogens with zero attached hydrogens (tertiary/aromatic N) is 3. The Bertz CT molecular complexity index is 1870. The number of fused-ring (bicyclic) bond motifs is 1. The number of halogens is 3. The predicted octanol–water partition coefficient (Wildman–Crippen LogP) is 8.76. The second-order valence-electron chi connectivity index (χ2n) is 13.5. The van der Waals surface area contributed by atoms with E-state index in [0.29, 0.717) is 17.0 Å². The average Bonchev–Trinajstić information content (AvgIpc) is 3.77. The minimum Gasteiger partial charge on any atom is -0.490 e. The fourth-order valence-corrected chi connectivity index (χ4v) is 7.22. The Balaban J connectivity index is 0.993. The molecule has 3 heterocycles. The third-order valence-corrected chi connectivity index (χ3v) is 10.1. The molecular formula is C36H34F3N3O5. The van der Waals surface area contributed by atoms with E-state index in [2.05, 4.69) is 31.9 Å². The zero-order valence-electron chi connectivity index (χ0n) is 25.7. The van der Waals surface area contributed by atoms with Crippen molar-refractivity contribution in [3.8, 4) is 22.8 Å². The number of hydrogen-bond acceptors (Lipinski definition) is 7. The summed E-state index contributed by atoms with van der Waals surface area (Å²) >= 11 is 0. The van der Waals surface area contributed by atoms with Crippen LogP contribution in [-0.2, 0) is 0 Å². The van der Waals surface area contributed by atoms with Crippen molar-refractivity contribution >= 4 is 28.6 Å². The number of ether oxygens (including phenoxy) is 2. The molecule has 3 aliphatic carbocycles. The number of para-hydroxylation sites is 1. The van der Waals surface area contributed by atoms with Crippen molar-refractivity contribution in [3.05, 3.63) is 71.1 Å². The third-order valence-electron chi connectivity index (χ3n) is 10.1. The predicted molar refractivity (Wildman–Crippen MR) is 169 cm³/mol. The normalized spacial score (nSPS) is 19.4. The number of aromatic carboxylic acids is 1. The van der Waals surface area contributed by atoms with Crippen LogP contribution in [0.15, 0.2) is 58.6 Å². The number of benzene rings is 2. The van der Waals surface area contributed by atoms with Crippen LogP contribution in [-0.4, -0.2) is 46.8 Å². The lowest BCUT2D eigenvalue weighted by Gasteiger charge is -2.50. The van der Waals surface area contributed by atoms with Crippen LogP contribution >= 0.6 is 0 Å². The van der Waals surface area contributed by atoms with Crippen molar-refractivity contribution in [1.82, 2.24) is 10.1 Å². The van der Waals surface area contributed by atoms with E-state index in [4.69, 9.17) is 9.26 Å². The van der Waals surface area contributed by atoms with Crippen LogP contribution in [0, 0.1) is 5.41 Å². The van der Waals surface area contributed by atoms with Gasteiger partial charge in [-0.1, -0.05) is 22.9 Å². The minimum absolute atomic E-state index is 0.0187. The van der Waals surface area contributed by atoms with E-state index in [1.807, 2.05) is 12.1 Å². The number of carboxylic acids is 1. The summed E-state index contributed by atoms with van der Waals surface area (Å²) in [5, 5.41) is 14.6. The lowest BCUT2D eigenvalue weighted by Crippen LogP contribution is -2.44. The molecular weight excluding hydrogens is 611 g/mol. The number of carbonyl (C=O) groups is 1. The average molecular weight is 646 g/mol. The van der Waals surface area contributed by atoms with E-state index in [1.54, 1.807) is 12.1 Å². The zero-order valence-corrected chi connectivity index (χ0v) is 25.7. The van der Waals surface area contributed by atoms with Crippen LogP contribution in [0.4, 0.5) is 18.9 Å². The van der Waals surface area contributed by atoms with Gasteiger partial charge in [0.25, 0.3) is 0 Å². The van der Waals surface area contributed by atoms with E-state index in [9.17, 15) is 23.1 Å². The van der Waals surface area contributed by atoms with Gasteiger partial charge in [0.1, 0.15) is 23.0 Å². The van der Waals surface area contributed by atoms with Gasteiger partial charge in [-0.25, -0.2) is 9.78 Å². The van der Waals surface area contributed by atoms with Gasteiger partial charge in [-0.05, 0) is 99.6 Å². The molecule has 47 heavy (non-hydrogen) atoms. The Hall–Kier alpha value is -4.54. The molecule has 244 valence electrons. The summed E-state index contributed by atoms with van der Waals surface area (Å²) in [6, 6.07) is 13.6. The van der Waals surface area contributed by atoms with E-state index in [-0.39, 0.29) is 34.4 Å². The van der Waals surface area contributed by atoms with Crippen LogP contribution in [0.3, 0.4) is 0 Å². The summed E-state index contributed by atoms with van der Waals surface area (Å²) in [6.45, 7) is 1.76. The standard InChI is InChI=1S/C36H34F3N3O5/c37-36(38,39)46-30-7-2-1-6-25(30)32-27(33(47-41-32)22-8-9-22)16-21-19-35(20-21)12-14-42(15-13-35)23-10-11-28-26(17-23)31(45-24-4-3-5-24)18-29(40-28)34(43)44/h1-2,6-7,10-11,16-18,22,24H,3-5,8-9,12-15,19-20H2,(H,43,44). The van der Waals surface area contributed by atoms with Gasteiger partial charge in [-0.2, -0.15) is 0 Å². The third kappa shape index (κ3) is 5.92. The van der Waals surface area contributed by atoms with Gasteiger partial charge in [0, 0.05) is 47.3 Å². The molecule has 0 unspecified atom stereocenters. The van der Waals surface area contributed by atoms with Crippen molar-refractivity contribution in [3.63, 3.8) is 0 Å². The quantitative estimate of drug-likeness (QED) is 0.203. The topological polar surface area (TPSA) is 97.9 Å². The van der Waals surface area contributed by atoms with Crippen molar-refractivity contribution in [2.24, 2.45) is 5.41 Å². The van der Waals surface area contributed by atoms with E-state index in [1.165, 1.54) is 23.8 Å². The first-order chi connectivity index (χ1) is 22.6. The van der Waals surface area contributed by atoms with Crippen LogP contribution in [0.5, 0.6) is 11.5 Å². The molecule has 1 spiro atoms. The SMILES string of the molecule is O=C(O)c1cc(OC2CCC2)c2cc(N3CCC4(CC3)CC(=Cc3c(-c5ccccc5OC(F)(F)F)noc3C3CC3)C4)ccc2n1. The molecule has 2 aromatic heterocycles. The molecule has 2 aromatic carbocycles. The lowest BCUT2D eigenvalue weighted by molar-refractivity contribution is -0.274. The van der Waals surface area contributed by atoms with Crippen LogP contribution < -0.4 is 14.4 Å². The van der Waals surface area contributed by atoms with Gasteiger partial charge in [-0.15, -0.1) is 13.2 Å². The molecule has 0 radical (unpaired) electrons. The minimum atomic E-state index is -4.81. The number of alkyl halides is 3. The highest BCUT2D eigenvalue weighted by Gasteiger charge is 2.43. The number of allylic oxidation sites excluding steroid dienone is 1. The molecule has 1 N–H and O–H groups in total. The first-order valence-electron chi connectivity index (χ1n) is 16.3. The van der Waals surface area contributed by atoms with Crippen molar-refractivity contribution in [2.45, 2.75) is 76.2 Å². The summed E-state index contributed by atoms with van der Waals surface area (Å²) in [4.78, 5) is 18.4. The molecule has 4 aromatic rings. The summed E-state index contributed by atoms with van der Waals surface area (Å²) in [5.41, 5.74) is 4.51. The first kappa shape index (κ1) is 29.8. The molecule has 1 saturated heterocycles. The van der Waals surface area contributed by atoms with Crippen molar-refractivity contribution < 1.29 is 37.1 Å². The highest BCUT2D eigenvalue weighted by Crippen LogP contribution is 2.55. The van der Waals surface area contributed by atoms with Gasteiger partial charge >= 0.3 is 12.3 Å². The largest absolute Gasteiger partial charge is 0.573 e. The van der Waals surface area contributed by atoms with Crippen molar-refractivity contribution in [1.29, 1.82) is 0 Å². The Morgan fingerprint density at radius 3 is 2.47 bits per heavy atom. The number of hydrogen-bond donors (Lipinski definition) is 1. The fourth-order valence-electron chi connectivity index (χ4n) is 7.22. The number of rotatable bonds is 8. The van der Waals surface area contributed by atoms with E-state index < -0.39 is 12.3 Å². The summed E-state index contributed by atoms with van der Waals surface area (Å²) < 4.78 is 55.8. The van der Waals surface area contributed by atoms with Gasteiger partial charge in [0.2, 0.25) is 0 Å². The molecule has 8 rings (SSSR count). The van der Waals surface area contributed by atoms with Crippen LogP contribution in [0.25, 0.3) is 28.2 Å². The number of piperidine rings is 1. The van der Waals surface area contributed by atoms with Crippen LogP contribution in [0.2, 0.25) is 0 Å². The van der Waals surface area contributed by atoms with E-state index in [0.717, 1.165) is 93.3 Å². The lowest BCUT2D eigenvalue weighted by atomic mass is 9.60. The summed E-state index contributed by atoms with van der Waals surface area (Å²) in [7, 11) is 0. The molecule has 4 fully saturated rings. The molecule has 0 bridgehead atoms. The monoisotopic (exact) mass is 645 g/mol. The first-order valence-corrected chi connectivity index (χ1v) is 16.3. The van der Waals surface area contributed by atoms with Gasteiger partial charge in [-0.3, -0.25) is 0 Å². The Kier molecular flexibility index (Phi) is 7.18.